The molecule has 10 heteroatoms. The normalized spacial score (nSPS) is 9.93. The highest BCUT2D eigenvalue weighted by molar-refractivity contribution is 6.04. The highest BCUT2D eigenvalue weighted by atomic mass is 16.5. The van der Waals surface area contributed by atoms with E-state index in [1.807, 2.05) is 0 Å². The van der Waals surface area contributed by atoms with Crippen molar-refractivity contribution in [1.82, 2.24) is 0 Å². The first-order valence-corrected chi connectivity index (χ1v) is 7.83. The molecule has 0 spiro atoms. The number of amides is 1. The summed E-state index contributed by atoms with van der Waals surface area (Å²) >= 11 is 0. The largest absolute Gasteiger partial charge is 0.618 e. The fourth-order valence-electron chi connectivity index (χ4n) is 2.16. The number of hydrogen-bond acceptors (Lipinski definition) is 8. The molecule has 146 valence electrons. The fraction of sp³-hybridized carbons (Fsp3) is 0.167. The Labute approximate surface area is 159 Å². The Morgan fingerprint density at radius 2 is 1.71 bits per heavy atom. The van der Waals surface area contributed by atoms with E-state index >= 15 is 0 Å². The number of ether oxygens (including phenoxy) is 3. The lowest BCUT2D eigenvalue weighted by atomic mass is 10.1. The molecular weight excluding hydrogens is 372 g/mol. The third-order valence-corrected chi connectivity index (χ3v) is 3.49. The Bertz CT molecular complexity index is 926. The molecule has 1 amide bonds. The highest BCUT2D eigenvalue weighted by Crippen LogP contribution is 2.19. The molecule has 1 aromatic carbocycles. The van der Waals surface area contributed by atoms with Crippen molar-refractivity contribution >= 4 is 29.5 Å². The zero-order valence-corrected chi connectivity index (χ0v) is 15.0. The Hall–Kier alpha value is -3.95. The number of aromatic nitrogens is 1. The van der Waals surface area contributed by atoms with Gasteiger partial charge in [0.2, 0.25) is 0 Å². The second kappa shape index (κ2) is 9.12. The van der Waals surface area contributed by atoms with Crippen LogP contribution in [0.5, 0.6) is 0 Å². The van der Waals surface area contributed by atoms with Gasteiger partial charge in [0.25, 0.3) is 5.91 Å². The number of nitrogens with zero attached hydrogens (tertiary/aromatic N) is 1. The van der Waals surface area contributed by atoms with Crippen LogP contribution in [0.4, 0.5) is 5.69 Å². The third kappa shape index (κ3) is 4.81. The van der Waals surface area contributed by atoms with E-state index < -0.39 is 30.4 Å². The minimum absolute atomic E-state index is 0.0183. The Kier molecular flexibility index (Phi) is 6.63. The predicted molar refractivity (Wildman–Crippen MR) is 93.4 cm³/mol. The quantitative estimate of drug-likeness (QED) is 0.330. The maximum Gasteiger partial charge on any atom is 0.405 e. The zero-order valence-electron chi connectivity index (χ0n) is 15.0. The molecule has 0 fully saturated rings. The maximum atomic E-state index is 12.1. The molecule has 10 nitrogen and oxygen atoms in total. The van der Waals surface area contributed by atoms with Crippen LogP contribution in [0.2, 0.25) is 0 Å². The van der Waals surface area contributed by atoms with E-state index in [0.717, 1.165) is 13.3 Å². The molecule has 0 aliphatic rings. The number of esters is 3. The smallest absolute Gasteiger partial charge is 0.405 e. The average Bonchev–Trinajstić information content (AvgIpc) is 2.71. The number of methoxy groups -OCH3 is 2. The average molecular weight is 388 g/mol. The van der Waals surface area contributed by atoms with Gasteiger partial charge in [0, 0.05) is 12.1 Å². The number of hydrogen-bond donors (Lipinski definition) is 1. The lowest BCUT2D eigenvalue weighted by molar-refractivity contribution is -0.608. The lowest BCUT2D eigenvalue weighted by Crippen LogP contribution is -2.35. The van der Waals surface area contributed by atoms with Gasteiger partial charge < -0.3 is 24.7 Å². The molecule has 0 radical (unpaired) electrons. The maximum absolute atomic E-state index is 12.1. The Morgan fingerprint density at radius 3 is 2.36 bits per heavy atom. The molecule has 0 aliphatic heterocycles. The van der Waals surface area contributed by atoms with Gasteiger partial charge in [-0.25, -0.2) is 14.4 Å². The van der Waals surface area contributed by atoms with Gasteiger partial charge in [0.1, 0.15) is 0 Å². The van der Waals surface area contributed by atoms with Crippen molar-refractivity contribution in [2.45, 2.75) is 0 Å². The van der Waals surface area contributed by atoms with E-state index in [2.05, 4.69) is 14.8 Å². The monoisotopic (exact) mass is 388 g/mol. The number of anilines is 1. The van der Waals surface area contributed by atoms with Crippen molar-refractivity contribution in [3.05, 3.63) is 64.6 Å². The van der Waals surface area contributed by atoms with Gasteiger partial charge in [-0.3, -0.25) is 4.79 Å². The van der Waals surface area contributed by atoms with E-state index in [1.165, 1.54) is 43.5 Å². The van der Waals surface area contributed by atoms with Gasteiger partial charge in [0.15, 0.2) is 12.8 Å². The van der Waals surface area contributed by atoms with Crippen LogP contribution in [0.15, 0.2) is 42.6 Å². The molecule has 0 atom stereocenters. The third-order valence-electron chi connectivity index (χ3n) is 3.49. The van der Waals surface area contributed by atoms with Crippen LogP contribution in [-0.2, 0) is 19.0 Å². The second-order valence-corrected chi connectivity index (χ2v) is 5.28. The molecule has 0 bridgehead atoms. The highest BCUT2D eigenvalue weighted by Gasteiger charge is 2.20. The van der Waals surface area contributed by atoms with E-state index in [1.54, 1.807) is 0 Å². The second-order valence-electron chi connectivity index (χ2n) is 5.28. The minimum atomic E-state index is -0.998. The van der Waals surface area contributed by atoms with Crippen molar-refractivity contribution in [3.63, 3.8) is 0 Å². The summed E-state index contributed by atoms with van der Waals surface area (Å²) in [5.41, 5.74) is -0.262. The van der Waals surface area contributed by atoms with Gasteiger partial charge in [-0.15, -0.1) is 0 Å². The summed E-state index contributed by atoms with van der Waals surface area (Å²) in [6, 6.07) is 7.97. The summed E-state index contributed by atoms with van der Waals surface area (Å²) in [4.78, 5) is 47.5. The van der Waals surface area contributed by atoms with Crippen LogP contribution < -0.4 is 10.0 Å². The van der Waals surface area contributed by atoms with Crippen LogP contribution >= 0.6 is 0 Å². The molecule has 1 aromatic heterocycles. The summed E-state index contributed by atoms with van der Waals surface area (Å²) < 4.78 is 14.3. The van der Waals surface area contributed by atoms with Crippen molar-refractivity contribution in [2.75, 3.05) is 26.1 Å². The topological polar surface area (TPSA) is 135 Å². The number of carbonyl (C=O) groups is 4. The molecule has 28 heavy (non-hydrogen) atoms. The van der Waals surface area contributed by atoms with Crippen LogP contribution in [0.3, 0.4) is 0 Å². The van der Waals surface area contributed by atoms with Crippen molar-refractivity contribution in [1.29, 1.82) is 0 Å². The van der Waals surface area contributed by atoms with Gasteiger partial charge in [-0.1, -0.05) is 0 Å². The predicted octanol–water partition coefficient (Wildman–Crippen LogP) is 0.689. The molecule has 2 aromatic rings. The SMILES string of the molecule is COC(=O)c1ccc(C(=O)OC)c(NC(=O)COC(=O)c2cccc[n+]2[O-])c1. The van der Waals surface area contributed by atoms with E-state index in [0.29, 0.717) is 4.73 Å². The van der Waals surface area contributed by atoms with Gasteiger partial charge in [0.05, 0.1) is 31.0 Å². The molecule has 2 rings (SSSR count). The molecule has 0 saturated heterocycles. The molecule has 0 aliphatic carbocycles. The molecule has 1 heterocycles. The van der Waals surface area contributed by atoms with E-state index in [4.69, 9.17) is 4.74 Å². The Balaban J connectivity index is 2.13. The zero-order chi connectivity index (χ0) is 20.7. The van der Waals surface area contributed by atoms with Crippen molar-refractivity contribution < 1.29 is 38.1 Å². The first-order valence-electron chi connectivity index (χ1n) is 7.83. The molecular formula is C18H16N2O8. The summed E-state index contributed by atoms with van der Waals surface area (Å²) in [6.45, 7) is -0.725. The van der Waals surface area contributed by atoms with Gasteiger partial charge in [-0.05, 0) is 24.3 Å². The van der Waals surface area contributed by atoms with E-state index in [-0.39, 0.29) is 22.5 Å². The summed E-state index contributed by atoms with van der Waals surface area (Å²) in [5.74, 6) is -3.22. The van der Waals surface area contributed by atoms with Crippen LogP contribution in [0.1, 0.15) is 31.2 Å². The van der Waals surface area contributed by atoms with Crippen molar-refractivity contribution in [2.24, 2.45) is 0 Å². The lowest BCUT2D eigenvalue weighted by Gasteiger charge is -2.11. The van der Waals surface area contributed by atoms with E-state index in [9.17, 15) is 24.4 Å². The summed E-state index contributed by atoms with van der Waals surface area (Å²) in [6.07, 6.45) is 1.11. The van der Waals surface area contributed by atoms with Crippen LogP contribution in [0, 0.1) is 5.21 Å². The van der Waals surface area contributed by atoms with Crippen LogP contribution in [-0.4, -0.2) is 44.6 Å². The number of pyridine rings is 1. The standard InChI is InChI=1S/C18H16N2O8/c1-26-16(22)11-6-7-12(17(23)27-2)13(9-11)19-15(21)10-28-18(24)14-5-3-4-8-20(14)25/h3-9H,10H2,1-2H3,(H,19,21). The van der Waals surface area contributed by atoms with Crippen LogP contribution in [0.25, 0.3) is 0 Å². The Morgan fingerprint density at radius 1 is 1.00 bits per heavy atom. The number of nitrogens with one attached hydrogen (secondary N) is 1. The number of rotatable bonds is 6. The minimum Gasteiger partial charge on any atom is -0.618 e. The first kappa shape index (κ1) is 20.4. The summed E-state index contributed by atoms with van der Waals surface area (Å²) in [7, 11) is 2.34. The van der Waals surface area contributed by atoms with Gasteiger partial charge >= 0.3 is 23.6 Å². The number of benzene rings is 1. The first-order chi connectivity index (χ1) is 13.4. The number of carbonyl (C=O) groups excluding carboxylic acids is 4. The fourth-order valence-corrected chi connectivity index (χ4v) is 2.16. The molecule has 1 N–H and O–H groups in total. The molecule has 0 saturated carbocycles. The molecule has 0 unspecified atom stereocenters. The van der Waals surface area contributed by atoms with Crippen molar-refractivity contribution in [3.8, 4) is 0 Å². The van der Waals surface area contributed by atoms with Gasteiger partial charge in [-0.2, -0.15) is 4.73 Å². The summed E-state index contributed by atoms with van der Waals surface area (Å²) in [5, 5.41) is 13.9.